The lowest BCUT2D eigenvalue weighted by Crippen LogP contribution is -2.13. The van der Waals surface area contributed by atoms with Crippen LogP contribution in [-0.4, -0.2) is 9.97 Å². The van der Waals surface area contributed by atoms with Gasteiger partial charge in [-0.05, 0) is 36.4 Å². The van der Waals surface area contributed by atoms with Crippen molar-refractivity contribution in [2.24, 2.45) is 5.73 Å². The summed E-state index contributed by atoms with van der Waals surface area (Å²) in [4.78, 5) is 4.40. The van der Waals surface area contributed by atoms with Crippen LogP contribution < -0.4 is 11.1 Å². The van der Waals surface area contributed by atoms with Crippen LogP contribution in [0.25, 0.3) is 0 Å². The van der Waals surface area contributed by atoms with Gasteiger partial charge in [-0.15, -0.1) is 0 Å². The van der Waals surface area contributed by atoms with Crippen LogP contribution in [0.3, 0.4) is 0 Å². The Hall–Kier alpha value is -1.65. The summed E-state index contributed by atoms with van der Waals surface area (Å²) in [7, 11) is 0. The Morgan fingerprint density at radius 1 is 1.24 bits per heavy atom. The molecule has 3 N–H and O–H groups in total. The third-order valence-electron chi connectivity index (χ3n) is 2.16. The van der Waals surface area contributed by atoms with Crippen molar-refractivity contribution in [3.8, 4) is 0 Å². The summed E-state index contributed by atoms with van der Waals surface area (Å²) in [5.74, 6) is 0. The Labute approximate surface area is 110 Å². The van der Waals surface area contributed by atoms with Crippen LogP contribution in [0.2, 0.25) is 5.02 Å². The van der Waals surface area contributed by atoms with Crippen molar-refractivity contribution < 1.29 is 0 Å². The molecule has 0 atom stereocenters. The van der Waals surface area contributed by atoms with E-state index in [1.165, 1.54) is 0 Å². The number of hydrogen-bond donors (Lipinski definition) is 2. The minimum Gasteiger partial charge on any atom is -0.388 e. The zero-order valence-corrected chi connectivity index (χ0v) is 10.4. The maximum atomic E-state index is 5.82. The monoisotopic (exact) mass is 263 g/mol. The van der Waals surface area contributed by atoms with Gasteiger partial charge < -0.3 is 11.1 Å². The van der Waals surface area contributed by atoms with Crippen molar-refractivity contribution in [2.75, 3.05) is 5.32 Å². The highest BCUT2D eigenvalue weighted by molar-refractivity contribution is 7.80. The fourth-order valence-corrected chi connectivity index (χ4v) is 1.68. The second kappa shape index (κ2) is 5.12. The zero-order chi connectivity index (χ0) is 12.3. The van der Waals surface area contributed by atoms with Crippen molar-refractivity contribution in [2.45, 2.75) is 0 Å². The molecule has 0 aliphatic heterocycles. The van der Waals surface area contributed by atoms with E-state index < -0.39 is 0 Å². The quantitative estimate of drug-likeness (QED) is 0.836. The molecular weight excluding hydrogens is 254 g/mol. The summed E-state index contributed by atoms with van der Waals surface area (Å²) in [6.45, 7) is 0. The molecule has 86 valence electrons. The second-order valence-corrected chi connectivity index (χ2v) is 4.27. The number of halogens is 1. The van der Waals surface area contributed by atoms with Gasteiger partial charge in [0.15, 0.2) is 0 Å². The van der Waals surface area contributed by atoms with Gasteiger partial charge in [-0.25, -0.2) is 0 Å². The van der Waals surface area contributed by atoms with Gasteiger partial charge in [0.2, 0.25) is 0 Å². The summed E-state index contributed by atoms with van der Waals surface area (Å²) in [5, 5.41) is 3.88. The average Bonchev–Trinajstić information content (AvgIpc) is 2.32. The van der Waals surface area contributed by atoms with Crippen molar-refractivity contribution in [3.05, 3.63) is 53.3 Å². The van der Waals surface area contributed by atoms with Crippen molar-refractivity contribution in [3.63, 3.8) is 0 Å². The van der Waals surface area contributed by atoms with Gasteiger partial charge in [0, 0.05) is 16.9 Å². The van der Waals surface area contributed by atoms with Crippen LogP contribution in [0.15, 0.2) is 42.6 Å². The molecule has 0 saturated heterocycles. The Morgan fingerprint density at radius 2 is 1.94 bits per heavy atom. The summed E-state index contributed by atoms with van der Waals surface area (Å²) < 4.78 is 0. The first-order chi connectivity index (χ1) is 8.16. The molecule has 0 amide bonds. The number of rotatable bonds is 3. The van der Waals surface area contributed by atoms with Gasteiger partial charge in [-0.1, -0.05) is 23.8 Å². The summed E-state index contributed by atoms with van der Waals surface area (Å²) >= 11 is 10.8. The minimum absolute atomic E-state index is 0.266. The minimum atomic E-state index is 0.266. The number of thiocarbonyl (C=S) groups is 1. The molecule has 0 fully saturated rings. The van der Waals surface area contributed by atoms with Crippen LogP contribution in [-0.2, 0) is 0 Å². The standard InChI is InChI=1S/C12H10ClN3S/c13-8-3-5-9(6-4-8)16-10-2-1-7-15-11(10)12(14)17/h1-7,16H,(H2,14,17). The Balaban J connectivity index is 2.30. The molecule has 2 aromatic rings. The number of nitrogens with zero attached hydrogens (tertiary/aromatic N) is 1. The maximum absolute atomic E-state index is 5.82. The molecule has 0 saturated carbocycles. The van der Waals surface area contributed by atoms with E-state index in [-0.39, 0.29) is 4.99 Å². The number of anilines is 2. The molecule has 17 heavy (non-hydrogen) atoms. The molecule has 5 heteroatoms. The third kappa shape index (κ3) is 2.93. The average molecular weight is 264 g/mol. The lowest BCUT2D eigenvalue weighted by atomic mass is 10.2. The first-order valence-corrected chi connectivity index (χ1v) is 5.73. The molecule has 0 spiro atoms. The largest absolute Gasteiger partial charge is 0.388 e. The van der Waals surface area contributed by atoms with Crippen LogP contribution in [0.1, 0.15) is 5.69 Å². The maximum Gasteiger partial charge on any atom is 0.124 e. The lowest BCUT2D eigenvalue weighted by Gasteiger charge is -2.09. The van der Waals surface area contributed by atoms with Crippen LogP contribution in [0.5, 0.6) is 0 Å². The second-order valence-electron chi connectivity index (χ2n) is 3.40. The van der Waals surface area contributed by atoms with E-state index in [4.69, 9.17) is 29.6 Å². The SMILES string of the molecule is NC(=S)c1ncccc1Nc1ccc(Cl)cc1. The Morgan fingerprint density at radius 3 is 2.59 bits per heavy atom. The van der Waals surface area contributed by atoms with E-state index in [2.05, 4.69) is 10.3 Å². The van der Waals surface area contributed by atoms with Gasteiger partial charge in [0.05, 0.1) is 5.69 Å². The fraction of sp³-hybridized carbons (Fsp3) is 0. The molecule has 0 radical (unpaired) electrons. The van der Waals surface area contributed by atoms with Gasteiger partial charge >= 0.3 is 0 Å². The zero-order valence-electron chi connectivity index (χ0n) is 8.85. The fourth-order valence-electron chi connectivity index (χ4n) is 1.39. The number of nitrogens with two attached hydrogens (primary N) is 1. The number of pyridine rings is 1. The molecular formula is C12H10ClN3S. The van der Waals surface area contributed by atoms with Gasteiger partial charge in [0.1, 0.15) is 10.7 Å². The first kappa shape index (κ1) is 11.8. The predicted octanol–water partition coefficient (Wildman–Crippen LogP) is 3.11. The van der Waals surface area contributed by atoms with Gasteiger partial charge in [0.25, 0.3) is 0 Å². The molecule has 2 rings (SSSR count). The predicted molar refractivity (Wildman–Crippen MR) is 74.9 cm³/mol. The molecule has 0 bridgehead atoms. The highest BCUT2D eigenvalue weighted by Gasteiger charge is 2.05. The lowest BCUT2D eigenvalue weighted by molar-refractivity contribution is 1.29. The number of hydrogen-bond acceptors (Lipinski definition) is 3. The third-order valence-corrected chi connectivity index (χ3v) is 2.61. The highest BCUT2D eigenvalue weighted by atomic mass is 35.5. The number of benzene rings is 1. The van der Waals surface area contributed by atoms with E-state index in [1.54, 1.807) is 18.3 Å². The van der Waals surface area contributed by atoms with E-state index in [0.717, 1.165) is 11.4 Å². The number of aromatic nitrogens is 1. The van der Waals surface area contributed by atoms with E-state index in [1.807, 2.05) is 24.3 Å². The van der Waals surface area contributed by atoms with E-state index >= 15 is 0 Å². The first-order valence-electron chi connectivity index (χ1n) is 4.94. The van der Waals surface area contributed by atoms with Gasteiger partial charge in [-0.3, -0.25) is 4.98 Å². The molecule has 0 aliphatic carbocycles. The van der Waals surface area contributed by atoms with Gasteiger partial charge in [-0.2, -0.15) is 0 Å². The molecule has 1 aromatic heterocycles. The van der Waals surface area contributed by atoms with Crippen LogP contribution in [0.4, 0.5) is 11.4 Å². The highest BCUT2D eigenvalue weighted by Crippen LogP contribution is 2.20. The summed E-state index contributed by atoms with van der Waals surface area (Å²) in [5.41, 5.74) is 7.86. The Kier molecular flexibility index (Phi) is 3.56. The van der Waals surface area contributed by atoms with E-state index in [9.17, 15) is 0 Å². The van der Waals surface area contributed by atoms with Crippen molar-refractivity contribution in [1.29, 1.82) is 0 Å². The normalized spacial score (nSPS) is 9.94. The smallest absolute Gasteiger partial charge is 0.124 e. The molecule has 0 unspecified atom stereocenters. The molecule has 1 aromatic carbocycles. The summed E-state index contributed by atoms with van der Waals surface area (Å²) in [6, 6.07) is 11.1. The Bertz CT molecular complexity index is 540. The number of nitrogens with one attached hydrogen (secondary N) is 1. The molecule has 1 heterocycles. The van der Waals surface area contributed by atoms with Crippen LogP contribution in [0, 0.1) is 0 Å². The topological polar surface area (TPSA) is 50.9 Å². The van der Waals surface area contributed by atoms with E-state index in [0.29, 0.717) is 10.7 Å². The summed E-state index contributed by atoms with van der Waals surface area (Å²) in [6.07, 6.45) is 1.65. The van der Waals surface area contributed by atoms with Crippen molar-refractivity contribution in [1.82, 2.24) is 4.98 Å². The van der Waals surface area contributed by atoms with Crippen molar-refractivity contribution >= 4 is 40.2 Å². The molecule has 3 nitrogen and oxygen atoms in total. The molecule has 0 aliphatic rings. The van der Waals surface area contributed by atoms with Crippen LogP contribution >= 0.6 is 23.8 Å².